The second-order valence-electron chi connectivity index (χ2n) is 7.52. The first-order chi connectivity index (χ1) is 15.0. The summed E-state index contributed by atoms with van der Waals surface area (Å²) in [5, 5.41) is 0. The van der Waals surface area contributed by atoms with Crippen LogP contribution >= 0.6 is 0 Å². The number of Topliss-reactive ketones (excluding diaryl/α,β-unsaturated/α-hetero) is 1. The third kappa shape index (κ3) is 5.66. The summed E-state index contributed by atoms with van der Waals surface area (Å²) in [6.07, 6.45) is 1.37. The van der Waals surface area contributed by atoms with E-state index in [1.165, 1.54) is 0 Å². The van der Waals surface area contributed by atoms with Crippen molar-refractivity contribution in [3.05, 3.63) is 96.1 Å². The summed E-state index contributed by atoms with van der Waals surface area (Å²) >= 11 is 0. The Morgan fingerprint density at radius 2 is 1.42 bits per heavy atom. The smallest absolute Gasteiger partial charge is 0.338 e. The van der Waals surface area contributed by atoms with E-state index in [1.807, 2.05) is 49.4 Å². The molecule has 0 N–H and O–H groups in total. The topological polar surface area (TPSA) is 43.4 Å². The number of ketones is 1. The first-order valence-corrected chi connectivity index (χ1v) is 10.6. The number of ether oxygens (including phenoxy) is 1. The van der Waals surface area contributed by atoms with Crippen molar-refractivity contribution >= 4 is 11.8 Å². The summed E-state index contributed by atoms with van der Waals surface area (Å²) in [6, 6.07) is 25.3. The van der Waals surface area contributed by atoms with E-state index in [0.717, 1.165) is 17.5 Å². The Labute approximate surface area is 182 Å². The molecule has 0 bridgehead atoms. The molecular formula is C27H27FO3. The van der Waals surface area contributed by atoms with Gasteiger partial charge in [0.15, 0.2) is 11.5 Å². The van der Waals surface area contributed by atoms with Gasteiger partial charge in [-0.2, -0.15) is 0 Å². The number of unbranched alkanes of at least 4 members (excludes halogenated alkanes) is 1. The molecule has 160 valence electrons. The molecule has 3 aromatic carbocycles. The number of carbonyl (C=O) groups excluding carboxylic acids is 2. The zero-order valence-electron chi connectivity index (χ0n) is 17.7. The van der Waals surface area contributed by atoms with E-state index in [-0.39, 0.29) is 19.4 Å². The van der Waals surface area contributed by atoms with Gasteiger partial charge in [-0.15, -0.1) is 0 Å². The molecule has 0 aliphatic rings. The lowest BCUT2D eigenvalue weighted by Gasteiger charge is -2.25. The molecule has 0 aliphatic heterocycles. The van der Waals surface area contributed by atoms with E-state index in [9.17, 15) is 9.59 Å². The normalized spacial score (nSPS) is 12.7. The van der Waals surface area contributed by atoms with E-state index in [1.54, 1.807) is 42.5 Å². The highest BCUT2D eigenvalue weighted by atomic mass is 19.1. The molecule has 0 spiro atoms. The number of benzene rings is 3. The molecule has 0 saturated heterocycles. The lowest BCUT2D eigenvalue weighted by molar-refractivity contribution is -0.132. The van der Waals surface area contributed by atoms with E-state index in [4.69, 9.17) is 4.74 Å². The molecule has 31 heavy (non-hydrogen) atoms. The summed E-state index contributed by atoms with van der Waals surface area (Å²) in [5.41, 5.74) is 0.470. The Balaban J connectivity index is 1.76. The van der Waals surface area contributed by atoms with E-state index in [2.05, 4.69) is 0 Å². The number of halogens is 1. The minimum atomic E-state index is -2.19. The predicted octanol–water partition coefficient (Wildman–Crippen LogP) is 6.52. The number of carbonyl (C=O) groups is 2. The van der Waals surface area contributed by atoms with Crippen molar-refractivity contribution in [1.82, 2.24) is 0 Å². The maximum Gasteiger partial charge on any atom is 0.338 e. The minimum Gasteiger partial charge on any atom is -0.462 e. The van der Waals surface area contributed by atoms with E-state index < -0.39 is 17.4 Å². The summed E-state index contributed by atoms with van der Waals surface area (Å²) in [5.74, 6) is -0.999. The molecule has 4 heteroatoms. The van der Waals surface area contributed by atoms with E-state index in [0.29, 0.717) is 17.5 Å². The molecule has 1 unspecified atom stereocenters. The average Bonchev–Trinajstić information content (AvgIpc) is 2.83. The Kier molecular flexibility index (Phi) is 7.71. The highest BCUT2D eigenvalue weighted by molar-refractivity contribution is 5.90. The molecule has 3 nitrogen and oxygen atoms in total. The molecular weight excluding hydrogens is 391 g/mol. The van der Waals surface area contributed by atoms with Gasteiger partial charge in [0.2, 0.25) is 0 Å². The Morgan fingerprint density at radius 3 is 2.03 bits per heavy atom. The number of esters is 1. The Bertz CT molecular complexity index is 984. The summed E-state index contributed by atoms with van der Waals surface area (Å²) in [7, 11) is 0. The van der Waals surface area contributed by atoms with Gasteiger partial charge in [-0.25, -0.2) is 9.18 Å². The van der Waals surface area contributed by atoms with Crippen LogP contribution in [0.1, 0.15) is 48.5 Å². The van der Waals surface area contributed by atoms with Crippen molar-refractivity contribution in [2.24, 2.45) is 0 Å². The van der Waals surface area contributed by atoms with Crippen molar-refractivity contribution in [2.75, 3.05) is 6.61 Å². The number of alkyl halides is 1. The maximum absolute atomic E-state index is 16.1. The molecule has 0 heterocycles. The molecule has 0 radical (unpaired) electrons. The molecule has 3 rings (SSSR count). The lowest BCUT2D eigenvalue weighted by atomic mass is 9.85. The molecule has 0 saturated carbocycles. The van der Waals surface area contributed by atoms with Crippen molar-refractivity contribution in [1.29, 1.82) is 0 Å². The van der Waals surface area contributed by atoms with Crippen molar-refractivity contribution in [3.63, 3.8) is 0 Å². The minimum absolute atomic E-state index is 0.153. The molecule has 0 aliphatic carbocycles. The van der Waals surface area contributed by atoms with Crippen LogP contribution in [0, 0.1) is 0 Å². The van der Waals surface area contributed by atoms with Crippen molar-refractivity contribution in [3.8, 4) is 11.1 Å². The van der Waals surface area contributed by atoms with Gasteiger partial charge < -0.3 is 4.74 Å². The van der Waals surface area contributed by atoms with Crippen LogP contribution in [0.3, 0.4) is 0 Å². The predicted molar refractivity (Wildman–Crippen MR) is 121 cm³/mol. The first kappa shape index (κ1) is 22.4. The summed E-state index contributed by atoms with van der Waals surface area (Å²) in [4.78, 5) is 25.0. The van der Waals surface area contributed by atoms with Gasteiger partial charge in [0.1, 0.15) is 0 Å². The van der Waals surface area contributed by atoms with Crippen LogP contribution in [0.4, 0.5) is 4.39 Å². The van der Waals surface area contributed by atoms with Crippen LogP contribution in [-0.2, 0) is 15.2 Å². The second kappa shape index (κ2) is 10.7. The number of hydrogen-bond acceptors (Lipinski definition) is 3. The number of rotatable bonds is 10. The van der Waals surface area contributed by atoms with Crippen LogP contribution in [-0.4, -0.2) is 18.4 Å². The average molecular weight is 419 g/mol. The number of hydrogen-bond donors (Lipinski definition) is 0. The highest BCUT2D eigenvalue weighted by Crippen LogP contribution is 2.34. The van der Waals surface area contributed by atoms with Crippen molar-refractivity contribution in [2.45, 2.75) is 38.3 Å². The van der Waals surface area contributed by atoms with E-state index >= 15 is 4.39 Å². The molecule has 3 aromatic rings. The lowest BCUT2D eigenvalue weighted by Crippen LogP contribution is -2.33. The molecule has 0 amide bonds. The summed E-state index contributed by atoms with van der Waals surface area (Å²) in [6.45, 7) is 1.78. The van der Waals surface area contributed by atoms with Gasteiger partial charge >= 0.3 is 5.97 Å². The zero-order valence-corrected chi connectivity index (χ0v) is 17.7. The van der Waals surface area contributed by atoms with Gasteiger partial charge in [0.25, 0.3) is 0 Å². The monoisotopic (exact) mass is 418 g/mol. The Hall–Kier alpha value is -3.27. The van der Waals surface area contributed by atoms with Gasteiger partial charge in [-0.05, 0) is 35.2 Å². The second-order valence-corrected chi connectivity index (χ2v) is 7.52. The van der Waals surface area contributed by atoms with Crippen LogP contribution < -0.4 is 0 Å². The van der Waals surface area contributed by atoms with Crippen LogP contribution in [0.25, 0.3) is 11.1 Å². The van der Waals surface area contributed by atoms with Gasteiger partial charge in [0.05, 0.1) is 12.2 Å². The standard InChI is InChI=1S/C27H27FO3/c1-2-3-14-25(29)27(28,19-20-31-26(30)23-12-8-5-9-13-23)24-17-15-22(16-18-24)21-10-6-4-7-11-21/h4-13,15-18H,2-3,14,19-20H2,1H3. The molecule has 0 aromatic heterocycles. The third-order valence-electron chi connectivity index (χ3n) is 5.34. The zero-order chi connectivity index (χ0) is 22.1. The quantitative estimate of drug-likeness (QED) is 0.352. The van der Waals surface area contributed by atoms with Gasteiger partial charge in [0, 0.05) is 12.8 Å². The first-order valence-electron chi connectivity index (χ1n) is 10.6. The van der Waals surface area contributed by atoms with Gasteiger partial charge in [-0.1, -0.05) is 86.1 Å². The molecule has 0 fully saturated rings. The largest absolute Gasteiger partial charge is 0.462 e. The van der Waals surface area contributed by atoms with Gasteiger partial charge in [-0.3, -0.25) is 4.79 Å². The molecule has 1 atom stereocenters. The van der Waals surface area contributed by atoms with Crippen LogP contribution in [0.15, 0.2) is 84.9 Å². The third-order valence-corrected chi connectivity index (χ3v) is 5.34. The van der Waals surface area contributed by atoms with Crippen LogP contribution in [0.5, 0.6) is 0 Å². The van der Waals surface area contributed by atoms with Crippen LogP contribution in [0.2, 0.25) is 0 Å². The SMILES string of the molecule is CCCCC(=O)C(F)(CCOC(=O)c1ccccc1)c1ccc(-c2ccccc2)cc1. The maximum atomic E-state index is 16.1. The van der Waals surface area contributed by atoms with Crippen molar-refractivity contribution < 1.29 is 18.7 Å². The fourth-order valence-corrected chi connectivity index (χ4v) is 3.48. The Morgan fingerprint density at radius 1 is 0.839 bits per heavy atom. The fourth-order valence-electron chi connectivity index (χ4n) is 3.48. The summed E-state index contributed by atoms with van der Waals surface area (Å²) < 4.78 is 21.3. The fraction of sp³-hybridized carbons (Fsp3) is 0.259. The highest BCUT2D eigenvalue weighted by Gasteiger charge is 2.39.